The third-order valence-electron chi connectivity index (χ3n) is 3.89. The molecule has 0 saturated heterocycles. The first-order valence-electron chi connectivity index (χ1n) is 8.74. The van der Waals surface area contributed by atoms with Gasteiger partial charge in [-0.25, -0.2) is 0 Å². The highest BCUT2D eigenvalue weighted by Gasteiger charge is 2.03. The Morgan fingerprint density at radius 2 is 1.77 bits per heavy atom. The van der Waals surface area contributed by atoms with E-state index in [1.54, 1.807) is 7.05 Å². The number of nitrogens with one attached hydrogen (secondary N) is 2. The molecule has 0 spiro atoms. The number of benzene rings is 1. The summed E-state index contributed by atoms with van der Waals surface area (Å²) in [5.74, 6) is 1.81. The van der Waals surface area contributed by atoms with Gasteiger partial charge in [0.1, 0.15) is 5.75 Å². The maximum Gasteiger partial charge on any atom is 0.190 e. The monoisotopic (exact) mass is 468 g/mol. The maximum atomic E-state index is 5.91. The topological polar surface area (TPSA) is 58.5 Å². The van der Waals surface area contributed by atoms with Crippen LogP contribution in [0.3, 0.4) is 0 Å². The minimum absolute atomic E-state index is 0. The Balaban J connectivity index is 0.00000338. The average Bonchev–Trinajstić information content (AvgIpc) is 2.63. The number of nitrogens with zero attached hydrogens (tertiary/aromatic N) is 2. The first-order chi connectivity index (χ1) is 12.2. The molecule has 6 heteroatoms. The second kappa shape index (κ2) is 12.5. The smallest absolute Gasteiger partial charge is 0.190 e. The molecule has 1 heterocycles. The summed E-state index contributed by atoms with van der Waals surface area (Å²) in [7, 11) is 1.78. The fourth-order valence-electron chi connectivity index (χ4n) is 2.56. The van der Waals surface area contributed by atoms with Crippen molar-refractivity contribution < 1.29 is 4.74 Å². The minimum atomic E-state index is 0. The number of aryl methyl sites for hydroxylation is 2. The van der Waals surface area contributed by atoms with Crippen LogP contribution in [0, 0.1) is 13.8 Å². The van der Waals surface area contributed by atoms with Gasteiger partial charge in [-0.3, -0.25) is 9.98 Å². The van der Waals surface area contributed by atoms with E-state index in [-0.39, 0.29) is 24.0 Å². The number of hydrogen-bond donors (Lipinski definition) is 2. The zero-order valence-electron chi connectivity index (χ0n) is 15.8. The summed E-state index contributed by atoms with van der Waals surface area (Å²) in [6.45, 7) is 6.45. The SMILES string of the molecule is CN=C(NCCCOc1c(C)cccc1C)NCCc1ccccn1.I. The molecular formula is C20H29IN4O. The fourth-order valence-corrected chi connectivity index (χ4v) is 2.56. The van der Waals surface area contributed by atoms with E-state index in [0.717, 1.165) is 43.3 Å². The lowest BCUT2D eigenvalue weighted by molar-refractivity contribution is 0.307. The zero-order chi connectivity index (χ0) is 17.9. The number of ether oxygens (including phenoxy) is 1. The van der Waals surface area contributed by atoms with Crippen molar-refractivity contribution in [1.29, 1.82) is 0 Å². The number of aromatic nitrogens is 1. The number of para-hydroxylation sites is 1. The van der Waals surface area contributed by atoms with Crippen molar-refractivity contribution in [2.45, 2.75) is 26.7 Å². The van der Waals surface area contributed by atoms with Crippen LogP contribution in [-0.4, -0.2) is 37.7 Å². The highest BCUT2D eigenvalue weighted by molar-refractivity contribution is 14.0. The van der Waals surface area contributed by atoms with Crippen LogP contribution in [0.1, 0.15) is 23.2 Å². The van der Waals surface area contributed by atoms with Crippen LogP contribution in [0.5, 0.6) is 5.75 Å². The lowest BCUT2D eigenvalue weighted by atomic mass is 10.1. The lowest BCUT2D eigenvalue weighted by Gasteiger charge is -2.14. The highest BCUT2D eigenvalue weighted by atomic mass is 127. The first-order valence-corrected chi connectivity index (χ1v) is 8.74. The molecule has 0 aliphatic carbocycles. The molecule has 26 heavy (non-hydrogen) atoms. The highest BCUT2D eigenvalue weighted by Crippen LogP contribution is 2.22. The zero-order valence-corrected chi connectivity index (χ0v) is 18.1. The van der Waals surface area contributed by atoms with E-state index in [1.165, 1.54) is 11.1 Å². The first kappa shape index (κ1) is 22.2. The van der Waals surface area contributed by atoms with E-state index in [2.05, 4.69) is 52.7 Å². The third kappa shape index (κ3) is 7.59. The minimum Gasteiger partial charge on any atom is -0.493 e. The maximum absolute atomic E-state index is 5.91. The van der Waals surface area contributed by atoms with Crippen molar-refractivity contribution in [2.24, 2.45) is 4.99 Å². The Bertz CT molecular complexity index is 657. The van der Waals surface area contributed by atoms with Crippen LogP contribution >= 0.6 is 24.0 Å². The molecule has 0 radical (unpaired) electrons. The number of hydrogen-bond acceptors (Lipinski definition) is 3. The molecule has 0 fully saturated rings. The third-order valence-corrected chi connectivity index (χ3v) is 3.89. The van der Waals surface area contributed by atoms with Crippen molar-refractivity contribution in [3.63, 3.8) is 0 Å². The molecule has 2 aromatic rings. The van der Waals surface area contributed by atoms with Gasteiger partial charge in [-0.2, -0.15) is 0 Å². The average molecular weight is 468 g/mol. The van der Waals surface area contributed by atoms with Gasteiger partial charge in [-0.15, -0.1) is 24.0 Å². The molecule has 0 bridgehead atoms. The summed E-state index contributed by atoms with van der Waals surface area (Å²) in [4.78, 5) is 8.55. The fraction of sp³-hybridized carbons (Fsp3) is 0.400. The van der Waals surface area contributed by atoms with Crippen molar-refractivity contribution in [3.05, 3.63) is 59.4 Å². The van der Waals surface area contributed by atoms with Gasteiger partial charge < -0.3 is 15.4 Å². The standard InChI is InChI=1S/C20H28N4O.HI/c1-16-8-6-9-17(2)19(16)25-15-7-13-23-20(21-3)24-14-11-18-10-4-5-12-22-18;/h4-6,8-10,12H,7,11,13-15H2,1-3H3,(H2,21,23,24);1H. The molecule has 1 aromatic heterocycles. The molecule has 0 aliphatic rings. The number of pyridine rings is 1. The van der Waals surface area contributed by atoms with Gasteiger partial charge in [-0.1, -0.05) is 24.3 Å². The summed E-state index contributed by atoms with van der Waals surface area (Å²) >= 11 is 0. The largest absolute Gasteiger partial charge is 0.493 e. The normalized spacial score (nSPS) is 10.8. The van der Waals surface area contributed by atoms with Crippen molar-refractivity contribution in [2.75, 3.05) is 26.7 Å². The van der Waals surface area contributed by atoms with Crippen LogP contribution in [0.25, 0.3) is 0 Å². The van der Waals surface area contributed by atoms with Gasteiger partial charge >= 0.3 is 0 Å². The van der Waals surface area contributed by atoms with Gasteiger partial charge in [0.15, 0.2) is 5.96 Å². The van der Waals surface area contributed by atoms with Crippen LogP contribution < -0.4 is 15.4 Å². The molecule has 2 N–H and O–H groups in total. The Morgan fingerprint density at radius 1 is 1.04 bits per heavy atom. The summed E-state index contributed by atoms with van der Waals surface area (Å²) in [6, 6.07) is 12.2. The van der Waals surface area contributed by atoms with Crippen LogP contribution in [0.2, 0.25) is 0 Å². The van der Waals surface area contributed by atoms with Crippen LogP contribution in [0.4, 0.5) is 0 Å². The predicted molar refractivity (Wildman–Crippen MR) is 119 cm³/mol. The predicted octanol–water partition coefficient (Wildman–Crippen LogP) is 3.49. The Hall–Kier alpha value is -1.83. The van der Waals surface area contributed by atoms with E-state index >= 15 is 0 Å². The van der Waals surface area contributed by atoms with Gasteiger partial charge in [0.05, 0.1) is 6.61 Å². The van der Waals surface area contributed by atoms with E-state index in [1.807, 2.05) is 24.4 Å². The van der Waals surface area contributed by atoms with E-state index in [9.17, 15) is 0 Å². The molecule has 1 aromatic carbocycles. The van der Waals surface area contributed by atoms with Gasteiger partial charge in [-0.05, 0) is 43.5 Å². The second-order valence-corrected chi connectivity index (χ2v) is 5.92. The number of aliphatic imine (C=N–C) groups is 1. The quantitative estimate of drug-likeness (QED) is 0.270. The summed E-state index contributed by atoms with van der Waals surface area (Å²) in [5, 5.41) is 6.61. The second-order valence-electron chi connectivity index (χ2n) is 5.92. The Morgan fingerprint density at radius 3 is 2.42 bits per heavy atom. The molecule has 0 atom stereocenters. The van der Waals surface area contributed by atoms with Crippen LogP contribution in [-0.2, 0) is 6.42 Å². The van der Waals surface area contributed by atoms with E-state index in [0.29, 0.717) is 6.61 Å². The summed E-state index contributed by atoms with van der Waals surface area (Å²) in [6.07, 6.45) is 3.60. The number of halogens is 1. The van der Waals surface area contributed by atoms with Crippen molar-refractivity contribution >= 4 is 29.9 Å². The lowest BCUT2D eigenvalue weighted by Crippen LogP contribution is -2.39. The van der Waals surface area contributed by atoms with E-state index in [4.69, 9.17) is 4.74 Å². The van der Waals surface area contributed by atoms with E-state index < -0.39 is 0 Å². The summed E-state index contributed by atoms with van der Waals surface area (Å²) in [5.41, 5.74) is 3.44. The molecule has 2 rings (SSSR count). The molecule has 5 nitrogen and oxygen atoms in total. The molecular weight excluding hydrogens is 439 g/mol. The summed E-state index contributed by atoms with van der Waals surface area (Å²) < 4.78 is 5.91. The van der Waals surface area contributed by atoms with Gasteiger partial charge in [0.2, 0.25) is 0 Å². The van der Waals surface area contributed by atoms with Crippen LogP contribution in [0.15, 0.2) is 47.6 Å². The molecule has 0 aliphatic heterocycles. The molecule has 142 valence electrons. The van der Waals surface area contributed by atoms with Gasteiger partial charge in [0.25, 0.3) is 0 Å². The van der Waals surface area contributed by atoms with Crippen molar-refractivity contribution in [3.8, 4) is 5.75 Å². The number of rotatable bonds is 8. The van der Waals surface area contributed by atoms with Crippen molar-refractivity contribution in [1.82, 2.24) is 15.6 Å². The molecule has 0 saturated carbocycles. The molecule has 0 amide bonds. The molecule has 0 unspecified atom stereocenters. The Labute approximate surface area is 173 Å². The number of guanidine groups is 1. The van der Waals surface area contributed by atoms with Gasteiger partial charge in [0, 0.05) is 38.4 Å². The Kier molecular flexibility index (Phi) is 10.7.